The van der Waals surface area contributed by atoms with Crippen molar-refractivity contribution in [1.29, 1.82) is 0 Å². The summed E-state index contributed by atoms with van der Waals surface area (Å²) < 4.78 is 5.42. The van der Waals surface area contributed by atoms with Crippen molar-refractivity contribution in [3.8, 4) is 10.4 Å². The number of hydrogen-bond acceptors (Lipinski definition) is 4. The van der Waals surface area contributed by atoms with E-state index < -0.39 is 0 Å². The summed E-state index contributed by atoms with van der Waals surface area (Å²) >= 11 is 1.69. The smallest absolute Gasteiger partial charge is 0.410 e. The van der Waals surface area contributed by atoms with Gasteiger partial charge in [0.15, 0.2) is 0 Å². The Morgan fingerprint density at radius 1 is 1.07 bits per heavy atom. The molecule has 4 nitrogen and oxygen atoms in total. The highest BCUT2D eigenvalue weighted by Crippen LogP contribution is 2.33. The summed E-state index contributed by atoms with van der Waals surface area (Å²) in [7, 11) is 1.76. The van der Waals surface area contributed by atoms with Crippen molar-refractivity contribution in [2.75, 3.05) is 7.05 Å². The Labute approximate surface area is 176 Å². The molecule has 0 aliphatic heterocycles. The third-order valence-corrected chi connectivity index (χ3v) is 5.60. The first-order valence-electron chi connectivity index (χ1n) is 8.90. The largest absolute Gasteiger partial charge is 0.445 e. The van der Waals surface area contributed by atoms with Crippen LogP contribution in [0.25, 0.3) is 10.4 Å². The normalized spacial score (nSPS) is 11.4. The molecule has 6 heteroatoms. The number of carbonyl (C=O) groups is 1. The summed E-state index contributed by atoms with van der Waals surface area (Å²) in [5.74, 6) is 0. The van der Waals surface area contributed by atoms with Crippen LogP contribution in [0.5, 0.6) is 0 Å². The number of rotatable bonds is 6. The van der Waals surface area contributed by atoms with Crippen LogP contribution in [0.2, 0.25) is 0 Å². The van der Waals surface area contributed by atoms with Gasteiger partial charge in [0.1, 0.15) is 6.61 Å². The number of nitrogens with two attached hydrogens (primary N) is 1. The van der Waals surface area contributed by atoms with E-state index in [1.165, 1.54) is 0 Å². The van der Waals surface area contributed by atoms with Gasteiger partial charge in [-0.2, -0.15) is 0 Å². The Morgan fingerprint density at radius 3 is 2.43 bits per heavy atom. The molecular weight excluding hydrogens is 392 g/mol. The zero-order chi connectivity index (χ0) is 19.2. The van der Waals surface area contributed by atoms with E-state index in [0.29, 0.717) is 6.54 Å². The van der Waals surface area contributed by atoms with Gasteiger partial charge in [-0.05, 0) is 35.7 Å². The summed E-state index contributed by atoms with van der Waals surface area (Å²) in [6.45, 7) is 2.74. The number of thiophene rings is 1. The molecule has 1 amide bonds. The van der Waals surface area contributed by atoms with E-state index >= 15 is 0 Å². The van der Waals surface area contributed by atoms with Crippen molar-refractivity contribution < 1.29 is 9.53 Å². The second-order valence-electron chi connectivity index (χ2n) is 6.54. The number of hydrogen-bond donors (Lipinski definition) is 1. The lowest BCUT2D eigenvalue weighted by Gasteiger charge is -2.19. The van der Waals surface area contributed by atoms with Gasteiger partial charge in [0.2, 0.25) is 0 Å². The molecule has 0 aliphatic carbocycles. The molecule has 0 fully saturated rings. The first-order chi connectivity index (χ1) is 13.0. The molecule has 1 atom stereocenters. The molecule has 0 radical (unpaired) electrons. The molecular formula is C22H25ClN2O2S. The van der Waals surface area contributed by atoms with Crippen molar-refractivity contribution >= 4 is 29.8 Å². The van der Waals surface area contributed by atoms with E-state index in [4.69, 9.17) is 10.5 Å². The minimum atomic E-state index is -0.337. The fraction of sp³-hybridized carbons (Fsp3) is 0.227. The molecule has 0 unspecified atom stereocenters. The SMILES string of the molecule is C[C@@H](N)c1ccc(-c2ccccc2CN(C)C(=O)OCc2ccccc2)s1.Cl. The topological polar surface area (TPSA) is 55.6 Å². The van der Waals surface area contributed by atoms with Crippen molar-refractivity contribution in [3.05, 3.63) is 82.7 Å². The lowest BCUT2D eigenvalue weighted by molar-refractivity contribution is 0.103. The van der Waals surface area contributed by atoms with E-state index in [0.717, 1.165) is 26.4 Å². The van der Waals surface area contributed by atoms with Crippen LogP contribution in [0.3, 0.4) is 0 Å². The zero-order valence-electron chi connectivity index (χ0n) is 16.0. The van der Waals surface area contributed by atoms with Crippen LogP contribution >= 0.6 is 23.7 Å². The van der Waals surface area contributed by atoms with Crippen LogP contribution in [0.15, 0.2) is 66.7 Å². The second-order valence-corrected chi connectivity index (χ2v) is 7.66. The van der Waals surface area contributed by atoms with E-state index in [1.807, 2.05) is 55.5 Å². The van der Waals surface area contributed by atoms with Crippen molar-refractivity contribution in [1.82, 2.24) is 4.90 Å². The maximum absolute atomic E-state index is 12.4. The van der Waals surface area contributed by atoms with Gasteiger partial charge in [0.05, 0.1) is 0 Å². The average Bonchev–Trinajstić information content (AvgIpc) is 3.17. The minimum absolute atomic E-state index is 0. The fourth-order valence-corrected chi connectivity index (χ4v) is 3.81. The molecule has 0 saturated heterocycles. The lowest BCUT2D eigenvalue weighted by Crippen LogP contribution is -2.27. The third-order valence-electron chi connectivity index (χ3n) is 4.28. The summed E-state index contributed by atoms with van der Waals surface area (Å²) in [6, 6.07) is 22.0. The summed E-state index contributed by atoms with van der Waals surface area (Å²) in [5, 5.41) is 0. The van der Waals surface area contributed by atoms with Gasteiger partial charge in [-0.15, -0.1) is 23.7 Å². The lowest BCUT2D eigenvalue weighted by atomic mass is 10.1. The van der Waals surface area contributed by atoms with Crippen LogP contribution in [0.1, 0.15) is 29.0 Å². The molecule has 0 spiro atoms. The van der Waals surface area contributed by atoms with Gasteiger partial charge >= 0.3 is 6.09 Å². The highest BCUT2D eigenvalue weighted by molar-refractivity contribution is 7.15. The van der Waals surface area contributed by atoms with Crippen molar-refractivity contribution in [3.63, 3.8) is 0 Å². The predicted molar refractivity (Wildman–Crippen MR) is 118 cm³/mol. The zero-order valence-corrected chi connectivity index (χ0v) is 17.6. The summed E-state index contributed by atoms with van der Waals surface area (Å²) in [5.41, 5.74) is 9.16. The van der Waals surface area contributed by atoms with E-state index in [-0.39, 0.29) is 31.1 Å². The second kappa shape index (κ2) is 10.3. The average molecular weight is 417 g/mol. The molecule has 148 valence electrons. The quantitative estimate of drug-likeness (QED) is 0.566. The van der Waals surface area contributed by atoms with Crippen LogP contribution in [-0.4, -0.2) is 18.0 Å². The third kappa shape index (κ3) is 5.58. The van der Waals surface area contributed by atoms with Gasteiger partial charge in [-0.1, -0.05) is 54.6 Å². The molecule has 0 saturated carbocycles. The van der Waals surface area contributed by atoms with Crippen LogP contribution in [0.4, 0.5) is 4.79 Å². The number of nitrogens with zero attached hydrogens (tertiary/aromatic N) is 1. The molecule has 3 aromatic rings. The maximum atomic E-state index is 12.4. The van der Waals surface area contributed by atoms with Gasteiger partial charge in [0, 0.05) is 29.4 Å². The van der Waals surface area contributed by atoms with Gasteiger partial charge in [-0.25, -0.2) is 4.79 Å². The van der Waals surface area contributed by atoms with Crippen molar-refractivity contribution in [2.45, 2.75) is 26.1 Å². The molecule has 1 heterocycles. The maximum Gasteiger partial charge on any atom is 0.410 e. The fourth-order valence-electron chi connectivity index (χ4n) is 2.79. The monoisotopic (exact) mass is 416 g/mol. The first-order valence-corrected chi connectivity index (χ1v) is 9.71. The summed E-state index contributed by atoms with van der Waals surface area (Å²) in [4.78, 5) is 16.3. The van der Waals surface area contributed by atoms with Crippen molar-refractivity contribution in [2.24, 2.45) is 5.73 Å². The Morgan fingerprint density at radius 2 is 1.75 bits per heavy atom. The Hall–Kier alpha value is -2.34. The Kier molecular flexibility index (Phi) is 8.05. The highest BCUT2D eigenvalue weighted by atomic mass is 35.5. The number of amides is 1. The minimum Gasteiger partial charge on any atom is -0.445 e. The van der Waals surface area contributed by atoms with Gasteiger partial charge in [-0.3, -0.25) is 0 Å². The highest BCUT2D eigenvalue weighted by Gasteiger charge is 2.15. The standard InChI is InChI=1S/C22H24N2O2S.ClH/c1-16(23)20-12-13-21(27-20)19-11-7-6-10-18(19)14-24(2)22(25)26-15-17-8-4-3-5-9-17;/h3-13,16H,14-15,23H2,1-2H3;1H/t16-;/m1./s1. The van der Waals surface area contributed by atoms with Crippen LogP contribution in [0, 0.1) is 0 Å². The van der Waals surface area contributed by atoms with Crippen LogP contribution in [-0.2, 0) is 17.9 Å². The molecule has 3 rings (SSSR count). The van der Waals surface area contributed by atoms with E-state index in [9.17, 15) is 4.79 Å². The van der Waals surface area contributed by atoms with E-state index in [2.05, 4.69) is 18.2 Å². The number of carbonyl (C=O) groups excluding carboxylic acids is 1. The predicted octanol–water partition coefficient (Wildman–Crippen LogP) is 5.63. The molecule has 1 aromatic heterocycles. The molecule has 28 heavy (non-hydrogen) atoms. The van der Waals surface area contributed by atoms with Gasteiger partial charge in [0.25, 0.3) is 0 Å². The number of benzene rings is 2. The molecule has 0 aliphatic rings. The van der Waals surface area contributed by atoms with Crippen LogP contribution < -0.4 is 5.73 Å². The number of ether oxygens (including phenoxy) is 1. The summed E-state index contributed by atoms with van der Waals surface area (Å²) in [6.07, 6.45) is -0.337. The van der Waals surface area contributed by atoms with E-state index in [1.54, 1.807) is 23.3 Å². The first kappa shape index (κ1) is 22.0. The van der Waals surface area contributed by atoms with Gasteiger partial charge < -0.3 is 15.4 Å². The Bertz CT molecular complexity index is 896. The molecule has 2 aromatic carbocycles. The molecule has 0 bridgehead atoms. The Balaban J connectivity index is 0.00000280. The number of halogens is 1. The molecule has 2 N–H and O–H groups in total.